The molecule has 0 spiro atoms. The van der Waals surface area contributed by atoms with Gasteiger partial charge in [-0.3, -0.25) is 9.69 Å². The number of nitrogens with zero attached hydrogens (tertiary/aromatic N) is 2. The number of hydrogen-bond acceptors (Lipinski definition) is 3. The average Bonchev–Trinajstić information content (AvgIpc) is 2.11. The number of nitrogens with one attached hydrogen (secondary N) is 1. The predicted molar refractivity (Wildman–Crippen MR) is 63.9 cm³/mol. The third-order valence-corrected chi connectivity index (χ3v) is 2.05. The van der Waals surface area contributed by atoms with Crippen LogP contribution in [0.5, 0.6) is 0 Å². The van der Waals surface area contributed by atoms with Gasteiger partial charge in [-0.2, -0.15) is 0 Å². The number of carbonyl (C=O) groups excluding carboxylic acids is 1. The first-order valence-corrected chi connectivity index (χ1v) is 5.51. The molecule has 0 saturated carbocycles. The van der Waals surface area contributed by atoms with Gasteiger partial charge >= 0.3 is 0 Å². The summed E-state index contributed by atoms with van der Waals surface area (Å²) in [6, 6.07) is 0. The minimum atomic E-state index is 0.116. The van der Waals surface area contributed by atoms with Gasteiger partial charge in [0.2, 0.25) is 5.91 Å². The number of amides is 1. The van der Waals surface area contributed by atoms with E-state index in [2.05, 4.69) is 24.1 Å². The number of carbonyl (C=O) groups is 1. The second kappa shape index (κ2) is 7.65. The monoisotopic (exact) mass is 215 g/mol. The van der Waals surface area contributed by atoms with Gasteiger partial charge in [0.1, 0.15) is 0 Å². The van der Waals surface area contributed by atoms with Crippen LogP contribution in [0.1, 0.15) is 13.8 Å². The molecule has 0 bridgehead atoms. The lowest BCUT2D eigenvalue weighted by Crippen LogP contribution is -2.39. The van der Waals surface area contributed by atoms with Crippen LogP contribution in [0.3, 0.4) is 0 Å². The summed E-state index contributed by atoms with van der Waals surface area (Å²) < 4.78 is 0. The van der Waals surface area contributed by atoms with Gasteiger partial charge < -0.3 is 10.2 Å². The van der Waals surface area contributed by atoms with Crippen LogP contribution in [0.15, 0.2) is 0 Å². The van der Waals surface area contributed by atoms with Gasteiger partial charge in [0, 0.05) is 19.6 Å². The average molecular weight is 215 g/mol. The minimum Gasteiger partial charge on any atom is -0.355 e. The molecule has 0 heterocycles. The van der Waals surface area contributed by atoms with Crippen molar-refractivity contribution in [3.8, 4) is 0 Å². The molecule has 0 aliphatic rings. The summed E-state index contributed by atoms with van der Waals surface area (Å²) in [5, 5.41) is 2.91. The van der Waals surface area contributed by atoms with Crippen molar-refractivity contribution in [2.45, 2.75) is 13.8 Å². The second-order valence-corrected chi connectivity index (χ2v) is 4.74. The Kier molecular flexibility index (Phi) is 7.34. The lowest BCUT2D eigenvalue weighted by atomic mass is 10.2. The Morgan fingerprint density at radius 3 is 2.27 bits per heavy atom. The van der Waals surface area contributed by atoms with Crippen molar-refractivity contribution >= 4 is 5.91 Å². The van der Waals surface area contributed by atoms with Crippen LogP contribution in [-0.4, -0.2) is 63.0 Å². The maximum absolute atomic E-state index is 11.4. The van der Waals surface area contributed by atoms with E-state index in [1.165, 1.54) is 0 Å². The summed E-state index contributed by atoms with van der Waals surface area (Å²) in [5.41, 5.74) is 0. The number of likely N-dealkylation sites (N-methyl/N-ethyl adjacent to an activating group) is 2. The zero-order valence-corrected chi connectivity index (χ0v) is 10.7. The van der Waals surface area contributed by atoms with E-state index in [9.17, 15) is 4.79 Å². The quantitative estimate of drug-likeness (QED) is 0.661. The van der Waals surface area contributed by atoms with Crippen LogP contribution in [-0.2, 0) is 4.79 Å². The van der Waals surface area contributed by atoms with Crippen LogP contribution in [0, 0.1) is 5.92 Å². The normalized spacial score (nSPS) is 11.5. The van der Waals surface area contributed by atoms with Crippen molar-refractivity contribution in [2.24, 2.45) is 5.92 Å². The third-order valence-electron chi connectivity index (χ3n) is 2.05. The van der Waals surface area contributed by atoms with Crippen LogP contribution in [0.2, 0.25) is 0 Å². The summed E-state index contributed by atoms with van der Waals surface area (Å²) in [5.74, 6) is 0.631. The molecule has 0 fully saturated rings. The molecule has 4 heteroatoms. The Bertz CT molecular complexity index is 181. The molecular formula is C11H25N3O. The van der Waals surface area contributed by atoms with Crippen molar-refractivity contribution in [2.75, 3.05) is 47.3 Å². The highest BCUT2D eigenvalue weighted by atomic mass is 16.2. The van der Waals surface area contributed by atoms with Crippen LogP contribution < -0.4 is 5.32 Å². The maximum Gasteiger partial charge on any atom is 0.234 e. The second-order valence-electron chi connectivity index (χ2n) is 4.74. The van der Waals surface area contributed by atoms with Crippen LogP contribution in [0.4, 0.5) is 0 Å². The summed E-state index contributed by atoms with van der Waals surface area (Å²) in [4.78, 5) is 15.6. The first-order valence-electron chi connectivity index (χ1n) is 5.51. The van der Waals surface area contributed by atoms with E-state index in [-0.39, 0.29) is 5.91 Å². The van der Waals surface area contributed by atoms with Crippen LogP contribution >= 0.6 is 0 Å². The Morgan fingerprint density at radius 1 is 1.20 bits per heavy atom. The van der Waals surface area contributed by atoms with E-state index in [0.717, 1.165) is 19.6 Å². The van der Waals surface area contributed by atoms with E-state index in [4.69, 9.17) is 0 Å². The summed E-state index contributed by atoms with van der Waals surface area (Å²) in [6.07, 6.45) is 0. The van der Waals surface area contributed by atoms with E-state index in [0.29, 0.717) is 12.5 Å². The van der Waals surface area contributed by atoms with Gasteiger partial charge in [-0.25, -0.2) is 0 Å². The van der Waals surface area contributed by atoms with E-state index >= 15 is 0 Å². The van der Waals surface area contributed by atoms with Gasteiger partial charge in [0.05, 0.1) is 6.54 Å². The van der Waals surface area contributed by atoms with Gasteiger partial charge in [-0.05, 0) is 27.1 Å². The number of hydrogen-bond donors (Lipinski definition) is 1. The van der Waals surface area contributed by atoms with Crippen molar-refractivity contribution in [1.82, 2.24) is 15.1 Å². The van der Waals surface area contributed by atoms with Crippen LogP contribution in [0.25, 0.3) is 0 Å². The molecule has 4 nitrogen and oxygen atoms in total. The number of rotatable bonds is 7. The molecular weight excluding hydrogens is 190 g/mol. The highest BCUT2D eigenvalue weighted by Gasteiger charge is 2.06. The zero-order chi connectivity index (χ0) is 11.8. The first-order chi connectivity index (χ1) is 6.91. The van der Waals surface area contributed by atoms with Gasteiger partial charge in [0.15, 0.2) is 0 Å². The highest BCUT2D eigenvalue weighted by molar-refractivity contribution is 5.77. The molecule has 1 amide bonds. The zero-order valence-electron chi connectivity index (χ0n) is 10.7. The molecule has 90 valence electrons. The Morgan fingerprint density at radius 2 is 1.80 bits per heavy atom. The lowest BCUT2D eigenvalue weighted by Gasteiger charge is -2.19. The fourth-order valence-corrected chi connectivity index (χ4v) is 1.07. The van der Waals surface area contributed by atoms with E-state index in [1.807, 2.05) is 26.0 Å². The van der Waals surface area contributed by atoms with Gasteiger partial charge in [-0.15, -0.1) is 0 Å². The molecule has 0 radical (unpaired) electrons. The van der Waals surface area contributed by atoms with E-state index < -0.39 is 0 Å². The molecule has 0 atom stereocenters. The standard InChI is InChI=1S/C11H25N3O/c1-10(2)8-12-11(15)9-14(5)7-6-13(3)4/h10H,6-9H2,1-5H3,(H,12,15). The lowest BCUT2D eigenvalue weighted by molar-refractivity contribution is -0.122. The van der Waals surface area contributed by atoms with E-state index in [1.54, 1.807) is 0 Å². The summed E-state index contributed by atoms with van der Waals surface area (Å²) in [6.45, 7) is 7.34. The Balaban J connectivity index is 3.57. The smallest absolute Gasteiger partial charge is 0.234 e. The van der Waals surface area contributed by atoms with Gasteiger partial charge in [0.25, 0.3) is 0 Å². The van der Waals surface area contributed by atoms with Gasteiger partial charge in [-0.1, -0.05) is 13.8 Å². The highest BCUT2D eigenvalue weighted by Crippen LogP contribution is 1.88. The Labute approximate surface area is 93.6 Å². The maximum atomic E-state index is 11.4. The van der Waals surface area contributed by atoms with Crippen molar-refractivity contribution < 1.29 is 4.79 Å². The molecule has 0 aromatic rings. The molecule has 0 saturated heterocycles. The molecule has 0 aromatic heterocycles. The molecule has 0 aromatic carbocycles. The molecule has 1 N–H and O–H groups in total. The molecule has 0 aliphatic heterocycles. The first kappa shape index (κ1) is 14.4. The largest absolute Gasteiger partial charge is 0.355 e. The third kappa shape index (κ3) is 9.69. The van der Waals surface area contributed by atoms with Crippen molar-refractivity contribution in [3.05, 3.63) is 0 Å². The molecule has 0 aliphatic carbocycles. The fourth-order valence-electron chi connectivity index (χ4n) is 1.07. The summed E-state index contributed by atoms with van der Waals surface area (Å²) >= 11 is 0. The molecule has 15 heavy (non-hydrogen) atoms. The van der Waals surface area contributed by atoms with Crippen molar-refractivity contribution in [3.63, 3.8) is 0 Å². The Hall–Kier alpha value is -0.610. The topological polar surface area (TPSA) is 35.6 Å². The predicted octanol–water partition coefficient (Wildman–Crippen LogP) is 0.252. The minimum absolute atomic E-state index is 0.116. The molecule has 0 unspecified atom stereocenters. The molecule has 0 rings (SSSR count). The fraction of sp³-hybridized carbons (Fsp3) is 0.909. The van der Waals surface area contributed by atoms with Crippen molar-refractivity contribution in [1.29, 1.82) is 0 Å². The SMILES string of the molecule is CC(C)CNC(=O)CN(C)CCN(C)C. The summed E-state index contributed by atoms with van der Waals surface area (Å²) in [7, 11) is 6.04.